The molecule has 1 amide bonds. The van der Waals surface area contributed by atoms with Crippen LogP contribution in [0.2, 0.25) is 0 Å². The Balaban J connectivity index is 1.54. The number of hydrogen-bond donors (Lipinski definition) is 1. The fourth-order valence-electron chi connectivity index (χ4n) is 3.40. The number of nitrogens with zero attached hydrogens (tertiary/aromatic N) is 1. The van der Waals surface area contributed by atoms with Gasteiger partial charge in [0.15, 0.2) is 6.61 Å². The molecular weight excluding hydrogens is 455 g/mol. The zero-order chi connectivity index (χ0) is 18.8. The summed E-state index contributed by atoms with van der Waals surface area (Å²) in [5.74, 6) is -0.827. The zero-order valence-corrected chi connectivity index (χ0v) is 16.7. The molecule has 0 radical (unpaired) electrons. The highest BCUT2D eigenvalue weighted by molar-refractivity contribution is 14.1. The maximum absolute atomic E-state index is 12.8. The molecule has 0 saturated heterocycles. The summed E-state index contributed by atoms with van der Waals surface area (Å²) in [6, 6.07) is 15.0. The van der Waals surface area contributed by atoms with Crippen LogP contribution in [-0.4, -0.2) is 23.5 Å². The van der Waals surface area contributed by atoms with E-state index in [1.54, 1.807) is 0 Å². The summed E-state index contributed by atoms with van der Waals surface area (Å²) in [7, 11) is 0. The minimum atomic E-state index is -0.468. The molecule has 0 aliphatic heterocycles. The van der Waals surface area contributed by atoms with Crippen molar-refractivity contribution >= 4 is 51.1 Å². The monoisotopic (exact) mass is 472 g/mol. The topological polar surface area (TPSA) is 68.3 Å². The van der Waals surface area contributed by atoms with E-state index in [2.05, 4.69) is 32.9 Å². The number of carbonyl (C=O) groups is 2. The van der Waals surface area contributed by atoms with Gasteiger partial charge in [0.25, 0.3) is 5.91 Å². The van der Waals surface area contributed by atoms with E-state index < -0.39 is 5.97 Å². The Labute approximate surface area is 170 Å². The first-order chi connectivity index (χ1) is 13.1. The third-order valence-electron chi connectivity index (χ3n) is 4.61. The molecule has 6 heteroatoms. The van der Waals surface area contributed by atoms with Crippen LogP contribution in [0.3, 0.4) is 0 Å². The summed E-state index contributed by atoms with van der Waals surface area (Å²) >= 11 is 2.14. The molecule has 0 atom stereocenters. The Bertz CT molecular complexity index is 1050. The molecule has 1 aromatic heterocycles. The molecule has 1 N–H and O–H groups in total. The normalized spacial score (nSPS) is 12.6. The van der Waals surface area contributed by atoms with E-state index in [1.807, 2.05) is 48.5 Å². The van der Waals surface area contributed by atoms with Crippen molar-refractivity contribution in [3.63, 3.8) is 0 Å². The molecule has 0 saturated carbocycles. The molecule has 2 aromatic carbocycles. The van der Waals surface area contributed by atoms with Gasteiger partial charge in [0, 0.05) is 14.7 Å². The maximum Gasteiger partial charge on any atom is 0.339 e. The molecule has 1 aliphatic carbocycles. The van der Waals surface area contributed by atoms with Gasteiger partial charge in [0.1, 0.15) is 0 Å². The number of pyridine rings is 1. The molecule has 4 rings (SSSR count). The predicted molar refractivity (Wildman–Crippen MR) is 112 cm³/mol. The van der Waals surface area contributed by atoms with Gasteiger partial charge >= 0.3 is 5.97 Å². The number of amides is 1. The van der Waals surface area contributed by atoms with E-state index in [4.69, 9.17) is 4.74 Å². The Hall–Kier alpha value is -2.48. The van der Waals surface area contributed by atoms with E-state index in [9.17, 15) is 9.59 Å². The fraction of sp³-hybridized carbons (Fsp3) is 0.190. The number of rotatable bonds is 4. The van der Waals surface area contributed by atoms with Crippen LogP contribution in [0.5, 0.6) is 0 Å². The Morgan fingerprint density at radius 2 is 1.85 bits per heavy atom. The van der Waals surface area contributed by atoms with Gasteiger partial charge in [-0.05, 0) is 65.6 Å². The van der Waals surface area contributed by atoms with Crippen LogP contribution in [0.1, 0.15) is 28.0 Å². The van der Waals surface area contributed by atoms with Crippen molar-refractivity contribution in [3.05, 3.63) is 68.9 Å². The SMILES string of the molecule is O=C(COC(=O)c1c2c(nc3ccccc13)CCC2)Nc1ccccc1I. The average molecular weight is 472 g/mol. The molecule has 1 heterocycles. The summed E-state index contributed by atoms with van der Waals surface area (Å²) in [5.41, 5.74) is 3.96. The van der Waals surface area contributed by atoms with Crippen molar-refractivity contribution in [2.75, 3.05) is 11.9 Å². The number of fused-ring (bicyclic) bond motifs is 2. The first kappa shape index (κ1) is 17.9. The molecule has 1 aliphatic rings. The van der Waals surface area contributed by atoms with Gasteiger partial charge in [0.2, 0.25) is 0 Å². The molecule has 0 spiro atoms. The van der Waals surface area contributed by atoms with E-state index in [1.165, 1.54) is 0 Å². The first-order valence-electron chi connectivity index (χ1n) is 8.75. The second kappa shape index (κ2) is 7.64. The minimum Gasteiger partial charge on any atom is -0.452 e. The smallest absolute Gasteiger partial charge is 0.339 e. The van der Waals surface area contributed by atoms with Gasteiger partial charge in [0.05, 0.1) is 16.8 Å². The number of aromatic nitrogens is 1. The van der Waals surface area contributed by atoms with Crippen LogP contribution < -0.4 is 5.32 Å². The molecular formula is C21H17IN2O3. The summed E-state index contributed by atoms with van der Waals surface area (Å²) in [5, 5.41) is 3.55. The Morgan fingerprint density at radius 1 is 1.07 bits per heavy atom. The van der Waals surface area contributed by atoms with Gasteiger partial charge in [-0.1, -0.05) is 30.3 Å². The molecule has 27 heavy (non-hydrogen) atoms. The van der Waals surface area contributed by atoms with Crippen molar-refractivity contribution in [2.24, 2.45) is 0 Å². The summed E-state index contributed by atoms with van der Waals surface area (Å²) in [6.07, 6.45) is 2.66. The third-order valence-corrected chi connectivity index (χ3v) is 5.55. The Morgan fingerprint density at radius 3 is 2.70 bits per heavy atom. The number of halogens is 1. The lowest BCUT2D eigenvalue weighted by Crippen LogP contribution is -2.22. The number of benzene rings is 2. The van der Waals surface area contributed by atoms with Gasteiger partial charge in [-0.15, -0.1) is 0 Å². The van der Waals surface area contributed by atoms with Crippen LogP contribution in [0.25, 0.3) is 10.9 Å². The van der Waals surface area contributed by atoms with Crippen LogP contribution in [-0.2, 0) is 22.4 Å². The summed E-state index contributed by atoms with van der Waals surface area (Å²) in [6.45, 7) is -0.324. The van der Waals surface area contributed by atoms with Crippen molar-refractivity contribution in [1.82, 2.24) is 4.98 Å². The van der Waals surface area contributed by atoms with Crippen molar-refractivity contribution in [2.45, 2.75) is 19.3 Å². The number of nitrogens with one attached hydrogen (secondary N) is 1. The van der Waals surface area contributed by atoms with Gasteiger partial charge < -0.3 is 10.1 Å². The van der Waals surface area contributed by atoms with Crippen molar-refractivity contribution in [1.29, 1.82) is 0 Å². The van der Waals surface area contributed by atoms with E-state index >= 15 is 0 Å². The number of ether oxygens (including phenoxy) is 1. The number of esters is 1. The predicted octanol–water partition coefficient (Wildman–Crippen LogP) is 4.12. The lowest BCUT2D eigenvalue weighted by atomic mass is 10.0. The van der Waals surface area contributed by atoms with Crippen LogP contribution in [0.15, 0.2) is 48.5 Å². The van der Waals surface area contributed by atoms with Crippen LogP contribution in [0.4, 0.5) is 5.69 Å². The average Bonchev–Trinajstić information content (AvgIpc) is 3.14. The highest BCUT2D eigenvalue weighted by atomic mass is 127. The van der Waals surface area contributed by atoms with Crippen molar-refractivity contribution < 1.29 is 14.3 Å². The first-order valence-corrected chi connectivity index (χ1v) is 9.83. The molecule has 5 nitrogen and oxygen atoms in total. The third kappa shape index (κ3) is 3.66. The second-order valence-electron chi connectivity index (χ2n) is 6.39. The quantitative estimate of drug-likeness (QED) is 0.458. The second-order valence-corrected chi connectivity index (χ2v) is 7.55. The highest BCUT2D eigenvalue weighted by Crippen LogP contribution is 2.30. The van der Waals surface area contributed by atoms with E-state index in [0.717, 1.165) is 45.0 Å². The number of hydrogen-bond acceptors (Lipinski definition) is 4. The van der Waals surface area contributed by atoms with Crippen molar-refractivity contribution in [3.8, 4) is 0 Å². The zero-order valence-electron chi connectivity index (χ0n) is 14.5. The fourth-order valence-corrected chi connectivity index (χ4v) is 3.92. The molecule has 136 valence electrons. The molecule has 0 unspecified atom stereocenters. The molecule has 3 aromatic rings. The van der Waals surface area contributed by atoms with Gasteiger partial charge in [-0.3, -0.25) is 9.78 Å². The summed E-state index contributed by atoms with van der Waals surface area (Å²) < 4.78 is 6.28. The standard InChI is InChI=1S/C21H17IN2O3/c22-15-8-2-4-10-18(15)24-19(25)12-27-21(26)20-13-6-1-3-9-16(13)23-17-11-5-7-14(17)20/h1-4,6,8-10H,5,7,11-12H2,(H,24,25). The van der Waals surface area contributed by atoms with Crippen LogP contribution in [0, 0.1) is 3.57 Å². The Kier molecular flexibility index (Phi) is 5.07. The number of para-hydroxylation sites is 2. The molecule has 0 bridgehead atoms. The highest BCUT2D eigenvalue weighted by Gasteiger charge is 2.25. The number of aryl methyl sites for hydroxylation is 1. The maximum atomic E-state index is 12.8. The largest absolute Gasteiger partial charge is 0.452 e. The van der Waals surface area contributed by atoms with E-state index in [0.29, 0.717) is 11.3 Å². The summed E-state index contributed by atoms with van der Waals surface area (Å²) in [4.78, 5) is 29.7. The van der Waals surface area contributed by atoms with Gasteiger partial charge in [-0.25, -0.2) is 4.79 Å². The lowest BCUT2D eigenvalue weighted by molar-refractivity contribution is -0.119. The van der Waals surface area contributed by atoms with Crippen LogP contribution >= 0.6 is 22.6 Å². The molecule has 0 fully saturated rings. The lowest BCUT2D eigenvalue weighted by Gasteiger charge is -2.12. The number of carbonyl (C=O) groups excluding carboxylic acids is 2. The van der Waals surface area contributed by atoms with E-state index in [-0.39, 0.29) is 12.5 Å². The van der Waals surface area contributed by atoms with Gasteiger partial charge in [-0.2, -0.15) is 0 Å². The number of anilines is 1. The minimum absolute atomic E-state index is 0.324.